The molecule has 1 aliphatic heterocycles. The first kappa shape index (κ1) is 20.7. The fraction of sp³-hybridized carbons (Fsp3) is 0.227. The van der Waals surface area contributed by atoms with Crippen LogP contribution in [-0.4, -0.2) is 49.2 Å². The van der Waals surface area contributed by atoms with Crippen molar-refractivity contribution in [3.05, 3.63) is 65.3 Å². The standard InChI is InChI=1S/C22H23ClN6O2/c1-31-18-7-5-16(6-8-18)26-21(30)19-14-25-22(27-20(19)24)29-11-9-28(10-12-29)17-4-2-3-15(23)13-17/h2-8,13-14H,9-12H2,1H3,(H,26,30)(H2,24,25,27). The lowest BCUT2D eigenvalue weighted by molar-refractivity contribution is 0.102. The van der Waals surface area contributed by atoms with E-state index in [0.717, 1.165) is 36.9 Å². The Morgan fingerprint density at radius 2 is 1.81 bits per heavy atom. The minimum Gasteiger partial charge on any atom is -0.497 e. The van der Waals surface area contributed by atoms with E-state index in [-0.39, 0.29) is 17.3 Å². The van der Waals surface area contributed by atoms with Gasteiger partial charge in [0.2, 0.25) is 5.95 Å². The van der Waals surface area contributed by atoms with Gasteiger partial charge in [-0.1, -0.05) is 17.7 Å². The predicted octanol–water partition coefficient (Wildman–Crippen LogP) is 3.30. The number of methoxy groups -OCH3 is 1. The van der Waals surface area contributed by atoms with Crippen LogP contribution in [-0.2, 0) is 0 Å². The van der Waals surface area contributed by atoms with Crippen molar-refractivity contribution in [1.82, 2.24) is 9.97 Å². The molecule has 1 aliphatic rings. The van der Waals surface area contributed by atoms with Gasteiger partial charge in [-0.3, -0.25) is 4.79 Å². The van der Waals surface area contributed by atoms with Gasteiger partial charge < -0.3 is 25.6 Å². The third kappa shape index (κ3) is 4.80. The summed E-state index contributed by atoms with van der Waals surface area (Å²) in [5.74, 6) is 1.01. The molecule has 2 heterocycles. The highest BCUT2D eigenvalue weighted by molar-refractivity contribution is 6.30. The zero-order valence-corrected chi connectivity index (χ0v) is 17.8. The molecular formula is C22H23ClN6O2. The highest BCUT2D eigenvalue weighted by Gasteiger charge is 2.21. The lowest BCUT2D eigenvalue weighted by Crippen LogP contribution is -2.47. The summed E-state index contributed by atoms with van der Waals surface area (Å²) in [7, 11) is 1.59. The van der Waals surface area contributed by atoms with E-state index in [4.69, 9.17) is 22.1 Å². The summed E-state index contributed by atoms with van der Waals surface area (Å²) in [5, 5.41) is 3.51. The Hall–Kier alpha value is -3.52. The number of anilines is 4. The fourth-order valence-electron chi connectivity index (χ4n) is 3.42. The van der Waals surface area contributed by atoms with Crippen LogP contribution in [0, 0.1) is 0 Å². The Morgan fingerprint density at radius 1 is 1.10 bits per heavy atom. The van der Waals surface area contributed by atoms with Crippen molar-refractivity contribution < 1.29 is 9.53 Å². The molecule has 2 aromatic carbocycles. The molecule has 1 aromatic heterocycles. The number of nitrogens with one attached hydrogen (secondary N) is 1. The van der Waals surface area contributed by atoms with Gasteiger partial charge >= 0.3 is 0 Å². The molecule has 0 saturated carbocycles. The topological polar surface area (TPSA) is 96.6 Å². The molecule has 1 saturated heterocycles. The highest BCUT2D eigenvalue weighted by atomic mass is 35.5. The number of halogens is 1. The first-order valence-electron chi connectivity index (χ1n) is 9.87. The number of aromatic nitrogens is 2. The molecule has 4 rings (SSSR count). The van der Waals surface area contributed by atoms with Gasteiger partial charge in [0.15, 0.2) is 0 Å². The molecule has 0 spiro atoms. The van der Waals surface area contributed by atoms with Crippen molar-refractivity contribution in [2.24, 2.45) is 0 Å². The van der Waals surface area contributed by atoms with Gasteiger partial charge in [0, 0.05) is 48.8 Å². The summed E-state index contributed by atoms with van der Waals surface area (Å²) in [6.45, 7) is 3.10. The number of carbonyl (C=O) groups excluding carboxylic acids is 1. The molecule has 1 amide bonds. The average molecular weight is 439 g/mol. The minimum atomic E-state index is -0.361. The molecule has 0 atom stereocenters. The van der Waals surface area contributed by atoms with Gasteiger partial charge in [0.05, 0.1) is 7.11 Å². The average Bonchev–Trinajstić information content (AvgIpc) is 2.79. The highest BCUT2D eigenvalue weighted by Crippen LogP contribution is 2.23. The van der Waals surface area contributed by atoms with Gasteiger partial charge in [-0.15, -0.1) is 0 Å². The molecule has 1 fully saturated rings. The summed E-state index contributed by atoms with van der Waals surface area (Å²) < 4.78 is 5.12. The van der Waals surface area contributed by atoms with E-state index in [2.05, 4.69) is 25.1 Å². The van der Waals surface area contributed by atoms with Crippen molar-refractivity contribution in [2.75, 3.05) is 54.1 Å². The number of carbonyl (C=O) groups is 1. The number of piperazine rings is 1. The lowest BCUT2D eigenvalue weighted by atomic mass is 10.2. The minimum absolute atomic E-state index is 0.147. The molecule has 31 heavy (non-hydrogen) atoms. The Bertz CT molecular complexity index is 1070. The molecule has 0 aliphatic carbocycles. The number of rotatable bonds is 5. The number of hydrogen-bond donors (Lipinski definition) is 2. The number of nitrogens with zero attached hydrogens (tertiary/aromatic N) is 4. The summed E-state index contributed by atoms with van der Waals surface area (Å²) in [5.41, 5.74) is 8.04. The quantitative estimate of drug-likeness (QED) is 0.630. The summed E-state index contributed by atoms with van der Waals surface area (Å²) >= 11 is 6.10. The van der Waals surface area contributed by atoms with Gasteiger partial charge in [0.1, 0.15) is 17.1 Å². The number of nitrogen functional groups attached to an aromatic ring is 1. The summed E-state index contributed by atoms with van der Waals surface area (Å²) in [4.78, 5) is 25.6. The van der Waals surface area contributed by atoms with Gasteiger partial charge in [-0.25, -0.2) is 4.98 Å². The van der Waals surface area contributed by atoms with E-state index < -0.39 is 0 Å². The van der Waals surface area contributed by atoms with Crippen LogP contribution in [0.3, 0.4) is 0 Å². The molecule has 3 aromatic rings. The van der Waals surface area contributed by atoms with Gasteiger partial charge in [-0.05, 0) is 42.5 Å². The SMILES string of the molecule is COc1ccc(NC(=O)c2cnc(N3CCN(c4cccc(Cl)c4)CC3)nc2N)cc1. The van der Waals surface area contributed by atoms with Crippen LogP contribution < -0.4 is 25.6 Å². The van der Waals surface area contributed by atoms with E-state index in [1.54, 1.807) is 31.4 Å². The number of hydrogen-bond acceptors (Lipinski definition) is 7. The van der Waals surface area contributed by atoms with Crippen LogP contribution in [0.5, 0.6) is 5.75 Å². The summed E-state index contributed by atoms with van der Waals surface area (Å²) in [6.07, 6.45) is 1.47. The van der Waals surface area contributed by atoms with E-state index in [1.165, 1.54) is 6.20 Å². The summed E-state index contributed by atoms with van der Waals surface area (Å²) in [6, 6.07) is 14.9. The normalized spacial score (nSPS) is 13.7. The van der Waals surface area contributed by atoms with Crippen LogP contribution in [0.1, 0.15) is 10.4 Å². The largest absolute Gasteiger partial charge is 0.497 e. The Labute approximate surface area is 185 Å². The zero-order chi connectivity index (χ0) is 21.8. The number of nitrogens with two attached hydrogens (primary N) is 1. The maximum absolute atomic E-state index is 12.6. The van der Waals surface area contributed by atoms with Crippen LogP contribution >= 0.6 is 11.6 Å². The van der Waals surface area contributed by atoms with Crippen molar-refractivity contribution in [3.8, 4) is 5.75 Å². The third-order valence-electron chi connectivity index (χ3n) is 5.13. The first-order chi connectivity index (χ1) is 15.0. The van der Waals surface area contributed by atoms with E-state index >= 15 is 0 Å². The Balaban J connectivity index is 1.40. The number of benzene rings is 2. The van der Waals surface area contributed by atoms with Crippen molar-refractivity contribution in [1.29, 1.82) is 0 Å². The first-order valence-corrected chi connectivity index (χ1v) is 10.2. The zero-order valence-electron chi connectivity index (χ0n) is 17.1. The molecule has 9 heteroatoms. The fourth-order valence-corrected chi connectivity index (χ4v) is 3.61. The molecule has 8 nitrogen and oxygen atoms in total. The van der Waals surface area contributed by atoms with Gasteiger partial charge in [0.25, 0.3) is 5.91 Å². The second-order valence-electron chi connectivity index (χ2n) is 7.11. The van der Waals surface area contributed by atoms with Gasteiger partial charge in [-0.2, -0.15) is 4.98 Å². The van der Waals surface area contributed by atoms with E-state index in [1.807, 2.05) is 24.3 Å². The maximum atomic E-state index is 12.6. The number of amides is 1. The molecular weight excluding hydrogens is 416 g/mol. The monoisotopic (exact) mass is 438 g/mol. The van der Waals surface area contributed by atoms with E-state index in [9.17, 15) is 4.79 Å². The van der Waals surface area contributed by atoms with Crippen LogP contribution in [0.25, 0.3) is 0 Å². The smallest absolute Gasteiger partial charge is 0.260 e. The molecule has 0 bridgehead atoms. The lowest BCUT2D eigenvalue weighted by Gasteiger charge is -2.36. The second kappa shape index (κ2) is 9.09. The van der Waals surface area contributed by atoms with Crippen LogP contribution in [0.4, 0.5) is 23.1 Å². The van der Waals surface area contributed by atoms with Crippen molar-refractivity contribution >= 4 is 40.6 Å². The van der Waals surface area contributed by atoms with E-state index in [0.29, 0.717) is 17.4 Å². The van der Waals surface area contributed by atoms with Crippen LogP contribution in [0.2, 0.25) is 5.02 Å². The molecule has 3 N–H and O–H groups in total. The van der Waals surface area contributed by atoms with Crippen molar-refractivity contribution in [2.45, 2.75) is 0 Å². The Kier molecular flexibility index (Phi) is 6.08. The van der Waals surface area contributed by atoms with Crippen LogP contribution in [0.15, 0.2) is 54.7 Å². The molecule has 160 valence electrons. The predicted molar refractivity (Wildman–Crippen MR) is 123 cm³/mol. The number of ether oxygens (including phenoxy) is 1. The Morgan fingerprint density at radius 3 is 2.45 bits per heavy atom. The molecule has 0 radical (unpaired) electrons. The van der Waals surface area contributed by atoms with Crippen molar-refractivity contribution in [3.63, 3.8) is 0 Å². The second-order valence-corrected chi connectivity index (χ2v) is 7.54. The maximum Gasteiger partial charge on any atom is 0.260 e. The third-order valence-corrected chi connectivity index (χ3v) is 5.37. The molecule has 0 unspecified atom stereocenters.